The number of amides is 1. The van der Waals surface area contributed by atoms with E-state index in [0.717, 1.165) is 5.56 Å². The number of carbonyl (C=O) groups excluding carboxylic acids is 1. The molecular formula is C21H26N4O5S2. The van der Waals surface area contributed by atoms with Crippen molar-refractivity contribution in [2.24, 2.45) is 0 Å². The second-order valence-electron chi connectivity index (χ2n) is 7.70. The zero-order valence-corrected chi connectivity index (χ0v) is 19.6. The maximum atomic E-state index is 12.8. The Morgan fingerprint density at radius 2 is 1.91 bits per heavy atom. The van der Waals surface area contributed by atoms with E-state index in [1.807, 2.05) is 25.2 Å². The molecule has 11 heteroatoms. The molecular weight excluding hydrogens is 452 g/mol. The quantitative estimate of drug-likeness (QED) is 0.598. The molecule has 1 fully saturated rings. The number of rotatable bonds is 7. The first-order valence-corrected chi connectivity index (χ1v) is 12.6. The molecule has 1 saturated heterocycles. The minimum atomic E-state index is -3.55. The molecule has 4 rings (SSSR count). The summed E-state index contributed by atoms with van der Waals surface area (Å²) in [6, 6.07) is 8.76. The lowest BCUT2D eigenvalue weighted by Gasteiger charge is -2.31. The van der Waals surface area contributed by atoms with Crippen LogP contribution in [0.25, 0.3) is 0 Å². The Bertz CT molecular complexity index is 1070. The average Bonchev–Trinajstić information content (AvgIpc) is 3.26. The second kappa shape index (κ2) is 9.65. The molecule has 0 spiro atoms. The van der Waals surface area contributed by atoms with Gasteiger partial charge in [-0.05, 0) is 43.8 Å². The highest BCUT2D eigenvalue weighted by Gasteiger charge is 2.28. The van der Waals surface area contributed by atoms with Gasteiger partial charge in [0.2, 0.25) is 22.7 Å². The Kier molecular flexibility index (Phi) is 6.89. The Balaban J connectivity index is 1.31. The molecule has 2 aliphatic rings. The molecule has 1 atom stereocenters. The number of aromatic nitrogens is 1. The molecule has 2 aliphatic heterocycles. The van der Waals surface area contributed by atoms with Gasteiger partial charge in [-0.15, -0.1) is 0 Å². The van der Waals surface area contributed by atoms with E-state index in [-0.39, 0.29) is 17.6 Å². The summed E-state index contributed by atoms with van der Waals surface area (Å²) in [5.41, 5.74) is 0.913. The lowest BCUT2D eigenvalue weighted by atomic mass is 10.2. The number of carbonyl (C=O) groups is 1. The standard InChI is InChI=1S/C21H26N4O5S2/c1-15(21(26)23-12-16-3-5-18-19(11-16)30-14-29-18)31-20-6-4-17(13-22-20)32(27,28)25-9-7-24(2)8-10-25/h3-6,11,13,15H,7-10,12,14H2,1-2H3,(H,23,26)/t15-/m0/s1. The van der Waals surface area contributed by atoms with Crippen LogP contribution >= 0.6 is 11.8 Å². The lowest BCUT2D eigenvalue weighted by molar-refractivity contribution is -0.120. The number of nitrogens with one attached hydrogen (secondary N) is 1. The summed E-state index contributed by atoms with van der Waals surface area (Å²) in [6.45, 7) is 4.72. The first kappa shape index (κ1) is 22.8. The van der Waals surface area contributed by atoms with E-state index in [2.05, 4.69) is 15.2 Å². The van der Waals surface area contributed by atoms with Crippen LogP contribution in [0.3, 0.4) is 0 Å². The first-order chi connectivity index (χ1) is 15.3. The fourth-order valence-corrected chi connectivity index (χ4v) is 5.57. The number of ether oxygens (including phenoxy) is 2. The van der Waals surface area contributed by atoms with Crippen molar-refractivity contribution in [2.45, 2.75) is 28.6 Å². The van der Waals surface area contributed by atoms with Gasteiger partial charge in [0, 0.05) is 38.9 Å². The van der Waals surface area contributed by atoms with Gasteiger partial charge in [0.25, 0.3) is 0 Å². The molecule has 1 amide bonds. The fraction of sp³-hybridized carbons (Fsp3) is 0.429. The van der Waals surface area contributed by atoms with Crippen molar-refractivity contribution >= 4 is 27.7 Å². The van der Waals surface area contributed by atoms with Gasteiger partial charge in [-0.2, -0.15) is 4.31 Å². The lowest BCUT2D eigenvalue weighted by Crippen LogP contribution is -2.47. The number of thioether (sulfide) groups is 1. The van der Waals surface area contributed by atoms with Crippen molar-refractivity contribution in [3.63, 3.8) is 0 Å². The number of nitrogens with zero attached hydrogens (tertiary/aromatic N) is 3. The highest BCUT2D eigenvalue weighted by atomic mass is 32.2. The van der Waals surface area contributed by atoms with Crippen LogP contribution in [0, 0.1) is 0 Å². The minimum absolute atomic E-state index is 0.136. The van der Waals surface area contributed by atoms with Gasteiger partial charge in [-0.1, -0.05) is 17.8 Å². The smallest absolute Gasteiger partial charge is 0.244 e. The third kappa shape index (κ3) is 5.17. The van der Waals surface area contributed by atoms with Gasteiger partial charge in [-0.25, -0.2) is 13.4 Å². The summed E-state index contributed by atoms with van der Waals surface area (Å²) in [6.07, 6.45) is 1.37. The zero-order chi connectivity index (χ0) is 22.7. The number of hydrogen-bond donors (Lipinski definition) is 1. The zero-order valence-electron chi connectivity index (χ0n) is 18.0. The average molecular weight is 479 g/mol. The van der Waals surface area contributed by atoms with Gasteiger partial charge in [-0.3, -0.25) is 4.79 Å². The summed E-state index contributed by atoms with van der Waals surface area (Å²) >= 11 is 1.28. The Morgan fingerprint density at radius 1 is 1.16 bits per heavy atom. The van der Waals surface area contributed by atoms with Crippen LogP contribution in [-0.2, 0) is 21.4 Å². The number of fused-ring (bicyclic) bond motifs is 1. The predicted octanol–water partition coefficient (Wildman–Crippen LogP) is 1.54. The van der Waals surface area contributed by atoms with Crippen LogP contribution in [0.1, 0.15) is 12.5 Å². The van der Waals surface area contributed by atoms with E-state index < -0.39 is 15.3 Å². The van der Waals surface area contributed by atoms with Gasteiger partial charge in [0.05, 0.1) is 10.3 Å². The van der Waals surface area contributed by atoms with Gasteiger partial charge < -0.3 is 19.7 Å². The maximum absolute atomic E-state index is 12.8. The Hall–Kier alpha value is -2.34. The summed E-state index contributed by atoms with van der Waals surface area (Å²) in [4.78, 5) is 19.0. The van der Waals surface area contributed by atoms with Gasteiger partial charge in [0.1, 0.15) is 4.90 Å². The summed E-state index contributed by atoms with van der Waals surface area (Å²) < 4.78 is 37.7. The molecule has 0 bridgehead atoms. The Morgan fingerprint density at radius 3 is 2.62 bits per heavy atom. The normalized spacial score (nSPS) is 17.8. The summed E-state index contributed by atoms with van der Waals surface area (Å²) in [5.74, 6) is 1.24. The van der Waals surface area contributed by atoms with Crippen LogP contribution in [-0.4, -0.2) is 73.8 Å². The molecule has 0 saturated carbocycles. The van der Waals surface area contributed by atoms with E-state index in [4.69, 9.17) is 9.47 Å². The van der Waals surface area contributed by atoms with E-state index in [1.165, 1.54) is 22.3 Å². The van der Waals surface area contributed by atoms with Crippen LogP contribution in [0.5, 0.6) is 11.5 Å². The van der Waals surface area contributed by atoms with Crippen LogP contribution in [0.2, 0.25) is 0 Å². The molecule has 1 aromatic carbocycles. The topological polar surface area (TPSA) is 101 Å². The van der Waals surface area contributed by atoms with Crippen molar-refractivity contribution in [2.75, 3.05) is 40.0 Å². The molecule has 2 aromatic rings. The number of benzene rings is 1. The molecule has 172 valence electrons. The first-order valence-electron chi connectivity index (χ1n) is 10.3. The summed E-state index contributed by atoms with van der Waals surface area (Å²) in [5, 5.41) is 3.10. The number of sulfonamides is 1. The molecule has 32 heavy (non-hydrogen) atoms. The molecule has 1 N–H and O–H groups in total. The molecule has 3 heterocycles. The van der Waals surface area contributed by atoms with Gasteiger partial charge in [0.15, 0.2) is 11.5 Å². The largest absolute Gasteiger partial charge is 0.454 e. The number of hydrogen-bond acceptors (Lipinski definition) is 8. The van der Waals surface area contributed by atoms with Crippen molar-refractivity contribution in [3.8, 4) is 11.5 Å². The molecule has 0 radical (unpaired) electrons. The highest BCUT2D eigenvalue weighted by Crippen LogP contribution is 2.32. The van der Waals surface area contributed by atoms with Crippen molar-refractivity contribution in [1.82, 2.24) is 19.5 Å². The van der Waals surface area contributed by atoms with Gasteiger partial charge >= 0.3 is 0 Å². The monoisotopic (exact) mass is 478 g/mol. The fourth-order valence-electron chi connectivity index (χ4n) is 3.39. The van der Waals surface area contributed by atoms with Crippen LogP contribution < -0.4 is 14.8 Å². The van der Waals surface area contributed by atoms with E-state index >= 15 is 0 Å². The number of piperazine rings is 1. The van der Waals surface area contributed by atoms with Crippen molar-refractivity contribution in [3.05, 3.63) is 42.1 Å². The minimum Gasteiger partial charge on any atom is -0.454 e. The summed E-state index contributed by atoms with van der Waals surface area (Å²) in [7, 11) is -1.58. The predicted molar refractivity (Wildman–Crippen MR) is 120 cm³/mol. The second-order valence-corrected chi connectivity index (χ2v) is 11.0. The van der Waals surface area contributed by atoms with E-state index in [0.29, 0.717) is 49.2 Å². The van der Waals surface area contributed by atoms with Crippen molar-refractivity contribution in [1.29, 1.82) is 0 Å². The molecule has 0 aliphatic carbocycles. The van der Waals surface area contributed by atoms with Crippen LogP contribution in [0.4, 0.5) is 0 Å². The molecule has 9 nitrogen and oxygen atoms in total. The SMILES string of the molecule is C[C@H](Sc1ccc(S(=O)(=O)N2CCN(C)CC2)cn1)C(=O)NCc1ccc2c(c1)OCO2. The van der Waals surface area contributed by atoms with E-state index in [1.54, 1.807) is 19.1 Å². The Labute approximate surface area is 192 Å². The molecule has 0 unspecified atom stereocenters. The molecule has 1 aromatic heterocycles. The number of pyridine rings is 1. The van der Waals surface area contributed by atoms with E-state index in [9.17, 15) is 13.2 Å². The van der Waals surface area contributed by atoms with Crippen molar-refractivity contribution < 1.29 is 22.7 Å². The maximum Gasteiger partial charge on any atom is 0.244 e. The number of likely N-dealkylation sites (N-methyl/N-ethyl adjacent to an activating group) is 1. The third-order valence-electron chi connectivity index (χ3n) is 5.38. The third-order valence-corrected chi connectivity index (χ3v) is 8.31. The van der Waals surface area contributed by atoms with Crippen LogP contribution in [0.15, 0.2) is 46.5 Å². The highest BCUT2D eigenvalue weighted by molar-refractivity contribution is 8.00.